The van der Waals surface area contributed by atoms with E-state index >= 15 is 0 Å². The van der Waals surface area contributed by atoms with E-state index in [2.05, 4.69) is 19.2 Å². The van der Waals surface area contributed by atoms with Crippen LogP contribution in [0.15, 0.2) is 48.5 Å². The fourth-order valence-electron chi connectivity index (χ4n) is 4.50. The van der Waals surface area contributed by atoms with Crippen molar-refractivity contribution >= 4 is 17.5 Å². The Morgan fingerprint density at radius 2 is 1.71 bits per heavy atom. The van der Waals surface area contributed by atoms with E-state index in [1.165, 1.54) is 0 Å². The molecule has 2 aromatic carbocycles. The Hall–Kier alpha value is -2.86. The molecular weight excluding hydrogens is 390 g/mol. The lowest BCUT2D eigenvalue weighted by Gasteiger charge is -2.35. The Bertz CT molecular complexity index is 947. The summed E-state index contributed by atoms with van der Waals surface area (Å²) in [5.41, 5.74) is 3.28. The SMILES string of the molecule is CC(C)CN1C(=O)c2ccccc2[C@H]1Nc1ccc(C(=O)N2C[C@@H](C)O[C@H](C)C2)cc1. The number of anilines is 1. The van der Waals surface area contributed by atoms with Crippen LogP contribution in [0.3, 0.4) is 0 Å². The Labute approximate surface area is 184 Å². The van der Waals surface area contributed by atoms with Gasteiger partial charge in [-0.3, -0.25) is 9.59 Å². The molecule has 0 aliphatic carbocycles. The smallest absolute Gasteiger partial charge is 0.256 e. The highest BCUT2D eigenvalue weighted by molar-refractivity contribution is 5.99. The second kappa shape index (κ2) is 8.71. The number of carbonyl (C=O) groups excluding carboxylic acids is 2. The topological polar surface area (TPSA) is 61.9 Å². The Balaban J connectivity index is 1.51. The number of ether oxygens (including phenoxy) is 1. The zero-order valence-corrected chi connectivity index (χ0v) is 18.7. The molecular formula is C25H31N3O3. The molecule has 1 saturated heterocycles. The number of carbonyl (C=O) groups is 2. The summed E-state index contributed by atoms with van der Waals surface area (Å²) >= 11 is 0. The molecule has 1 N–H and O–H groups in total. The van der Waals surface area contributed by atoms with E-state index in [1.807, 2.05) is 72.2 Å². The molecule has 2 aliphatic heterocycles. The van der Waals surface area contributed by atoms with Gasteiger partial charge in [-0.15, -0.1) is 0 Å². The lowest BCUT2D eigenvalue weighted by Crippen LogP contribution is -2.48. The van der Waals surface area contributed by atoms with Crippen LogP contribution < -0.4 is 5.32 Å². The van der Waals surface area contributed by atoms with Gasteiger partial charge in [-0.05, 0) is 50.1 Å². The Morgan fingerprint density at radius 3 is 2.35 bits per heavy atom. The molecule has 31 heavy (non-hydrogen) atoms. The van der Waals surface area contributed by atoms with Crippen molar-refractivity contribution in [3.8, 4) is 0 Å². The van der Waals surface area contributed by atoms with E-state index in [1.54, 1.807) is 0 Å². The molecule has 6 heteroatoms. The average Bonchev–Trinajstić information content (AvgIpc) is 2.99. The molecule has 0 unspecified atom stereocenters. The third-order valence-electron chi connectivity index (χ3n) is 5.76. The second-order valence-electron chi connectivity index (χ2n) is 9.03. The number of rotatable bonds is 5. The van der Waals surface area contributed by atoms with Crippen LogP contribution in [0.25, 0.3) is 0 Å². The predicted molar refractivity (Wildman–Crippen MR) is 121 cm³/mol. The van der Waals surface area contributed by atoms with Gasteiger partial charge in [0.15, 0.2) is 0 Å². The van der Waals surface area contributed by atoms with E-state index in [9.17, 15) is 9.59 Å². The van der Waals surface area contributed by atoms with Gasteiger partial charge in [0.2, 0.25) is 0 Å². The second-order valence-corrected chi connectivity index (χ2v) is 9.03. The average molecular weight is 422 g/mol. The van der Waals surface area contributed by atoms with Gasteiger partial charge in [-0.1, -0.05) is 32.0 Å². The zero-order chi connectivity index (χ0) is 22.1. The molecule has 6 nitrogen and oxygen atoms in total. The summed E-state index contributed by atoms with van der Waals surface area (Å²) in [6.45, 7) is 10.1. The third kappa shape index (κ3) is 4.44. The third-order valence-corrected chi connectivity index (χ3v) is 5.76. The summed E-state index contributed by atoms with van der Waals surface area (Å²) < 4.78 is 5.73. The highest BCUT2D eigenvalue weighted by Gasteiger charge is 2.36. The van der Waals surface area contributed by atoms with E-state index in [-0.39, 0.29) is 30.2 Å². The monoisotopic (exact) mass is 421 g/mol. The molecule has 2 heterocycles. The predicted octanol–water partition coefficient (Wildman–Crippen LogP) is 4.16. The maximum Gasteiger partial charge on any atom is 0.256 e. The van der Waals surface area contributed by atoms with E-state index < -0.39 is 0 Å². The summed E-state index contributed by atoms with van der Waals surface area (Å²) in [6.07, 6.45) is -0.130. The molecule has 4 rings (SSSR count). The van der Waals surface area contributed by atoms with Crippen molar-refractivity contribution in [2.75, 3.05) is 25.0 Å². The fraction of sp³-hybridized carbons (Fsp3) is 0.440. The van der Waals surface area contributed by atoms with Gasteiger partial charge in [0.1, 0.15) is 6.17 Å². The Morgan fingerprint density at radius 1 is 1.06 bits per heavy atom. The van der Waals surface area contributed by atoms with Crippen molar-refractivity contribution in [2.45, 2.75) is 46.1 Å². The number of nitrogens with one attached hydrogen (secondary N) is 1. The van der Waals surface area contributed by atoms with Crippen LogP contribution in [0, 0.1) is 5.92 Å². The van der Waals surface area contributed by atoms with Crippen LogP contribution in [0.5, 0.6) is 0 Å². The van der Waals surface area contributed by atoms with Crippen molar-refractivity contribution in [3.05, 3.63) is 65.2 Å². The maximum absolute atomic E-state index is 12.9. The number of fused-ring (bicyclic) bond motifs is 1. The van der Waals surface area contributed by atoms with Crippen molar-refractivity contribution in [2.24, 2.45) is 5.92 Å². The number of hydrogen-bond acceptors (Lipinski definition) is 4. The fourth-order valence-corrected chi connectivity index (χ4v) is 4.50. The number of morpholine rings is 1. The van der Waals surface area contributed by atoms with Gasteiger partial charge < -0.3 is 19.9 Å². The minimum Gasteiger partial charge on any atom is -0.372 e. The van der Waals surface area contributed by atoms with Gasteiger partial charge in [0.25, 0.3) is 11.8 Å². The van der Waals surface area contributed by atoms with Gasteiger partial charge in [0, 0.05) is 42.0 Å². The molecule has 2 amide bonds. The van der Waals surface area contributed by atoms with Crippen molar-refractivity contribution < 1.29 is 14.3 Å². The van der Waals surface area contributed by atoms with Crippen LogP contribution in [-0.4, -0.2) is 53.5 Å². The number of amides is 2. The molecule has 3 atom stereocenters. The van der Waals surface area contributed by atoms with Crippen LogP contribution in [0.4, 0.5) is 5.69 Å². The number of nitrogens with zero attached hydrogens (tertiary/aromatic N) is 2. The first-order valence-corrected chi connectivity index (χ1v) is 11.0. The van der Waals surface area contributed by atoms with Crippen LogP contribution >= 0.6 is 0 Å². The van der Waals surface area contributed by atoms with Crippen LogP contribution in [0.2, 0.25) is 0 Å². The number of benzene rings is 2. The molecule has 0 aromatic heterocycles. The minimum atomic E-state index is -0.214. The van der Waals surface area contributed by atoms with Crippen LogP contribution in [0.1, 0.15) is 60.1 Å². The number of hydrogen-bond donors (Lipinski definition) is 1. The Kier molecular flexibility index (Phi) is 6.01. The van der Waals surface area contributed by atoms with Crippen molar-refractivity contribution in [1.29, 1.82) is 0 Å². The lowest BCUT2D eigenvalue weighted by molar-refractivity contribution is -0.0586. The molecule has 0 saturated carbocycles. The normalized spacial score (nSPS) is 23.3. The minimum absolute atomic E-state index is 0.0244. The van der Waals surface area contributed by atoms with Crippen molar-refractivity contribution in [1.82, 2.24) is 9.80 Å². The highest BCUT2D eigenvalue weighted by atomic mass is 16.5. The van der Waals surface area contributed by atoms with E-state index in [0.717, 1.165) is 16.8 Å². The van der Waals surface area contributed by atoms with Gasteiger partial charge >= 0.3 is 0 Å². The zero-order valence-electron chi connectivity index (χ0n) is 18.7. The summed E-state index contributed by atoms with van der Waals surface area (Å²) in [5, 5.41) is 3.50. The molecule has 0 spiro atoms. The van der Waals surface area contributed by atoms with Gasteiger partial charge in [0.05, 0.1) is 12.2 Å². The maximum atomic E-state index is 12.9. The highest BCUT2D eigenvalue weighted by Crippen LogP contribution is 2.35. The lowest BCUT2D eigenvalue weighted by atomic mass is 10.1. The summed E-state index contributed by atoms with van der Waals surface area (Å²) in [4.78, 5) is 29.6. The molecule has 1 fully saturated rings. The standard InChI is InChI=1S/C25H31N3O3/c1-16(2)13-28-23(21-7-5-6-8-22(21)25(28)30)26-20-11-9-19(10-12-20)24(29)27-14-17(3)31-18(4)15-27/h5-12,16-18,23,26H,13-15H2,1-4H3/t17-,18-,23+/m1/s1. The first-order chi connectivity index (χ1) is 14.8. The van der Waals surface area contributed by atoms with Gasteiger partial charge in [-0.25, -0.2) is 0 Å². The van der Waals surface area contributed by atoms with Gasteiger partial charge in [-0.2, -0.15) is 0 Å². The molecule has 0 bridgehead atoms. The quantitative estimate of drug-likeness (QED) is 0.788. The van der Waals surface area contributed by atoms with Crippen molar-refractivity contribution in [3.63, 3.8) is 0 Å². The largest absolute Gasteiger partial charge is 0.372 e. The molecule has 2 aromatic rings. The van der Waals surface area contributed by atoms with E-state index in [0.29, 0.717) is 31.1 Å². The molecule has 164 valence electrons. The molecule has 2 aliphatic rings. The van der Waals surface area contributed by atoms with E-state index in [4.69, 9.17) is 4.74 Å². The van der Waals surface area contributed by atoms with Crippen LogP contribution in [-0.2, 0) is 4.74 Å². The summed E-state index contributed by atoms with van der Waals surface area (Å²) in [7, 11) is 0. The summed E-state index contributed by atoms with van der Waals surface area (Å²) in [5.74, 6) is 0.446. The molecule has 0 radical (unpaired) electrons. The first kappa shape index (κ1) is 21.4. The summed E-state index contributed by atoms with van der Waals surface area (Å²) in [6, 6.07) is 15.3. The first-order valence-electron chi connectivity index (χ1n) is 11.0.